The smallest absolute Gasteiger partial charge is 0.137 e. The van der Waals surface area contributed by atoms with E-state index in [-0.39, 0.29) is 0 Å². The maximum atomic E-state index is 4.33. The Labute approximate surface area is 118 Å². The van der Waals surface area contributed by atoms with Crippen LogP contribution in [-0.2, 0) is 6.42 Å². The minimum absolute atomic E-state index is 0.865. The molecule has 0 saturated carbocycles. The molecular weight excluding hydrogens is 246 g/mol. The summed E-state index contributed by atoms with van der Waals surface area (Å²) in [6.45, 7) is 2.97. The van der Waals surface area contributed by atoms with E-state index in [1.807, 2.05) is 24.3 Å². The highest BCUT2D eigenvalue weighted by molar-refractivity contribution is 5.88. The van der Waals surface area contributed by atoms with Gasteiger partial charge >= 0.3 is 0 Å². The number of anilines is 1. The van der Waals surface area contributed by atoms with Crippen LogP contribution in [-0.4, -0.2) is 16.5 Å². The Kier molecular flexibility index (Phi) is 3.59. The molecule has 0 spiro atoms. The van der Waals surface area contributed by atoms with Gasteiger partial charge in [0.2, 0.25) is 0 Å². The van der Waals surface area contributed by atoms with Crippen molar-refractivity contribution in [3.05, 3.63) is 66.0 Å². The van der Waals surface area contributed by atoms with E-state index in [0.717, 1.165) is 29.7 Å². The monoisotopic (exact) mass is 263 g/mol. The quantitative estimate of drug-likeness (QED) is 0.781. The van der Waals surface area contributed by atoms with Gasteiger partial charge in [-0.15, -0.1) is 0 Å². The van der Waals surface area contributed by atoms with Crippen LogP contribution in [0.1, 0.15) is 11.1 Å². The van der Waals surface area contributed by atoms with Gasteiger partial charge in [-0.1, -0.05) is 42.0 Å². The molecule has 0 radical (unpaired) electrons. The first-order valence-corrected chi connectivity index (χ1v) is 6.82. The third-order valence-electron chi connectivity index (χ3n) is 3.37. The van der Waals surface area contributed by atoms with E-state index in [2.05, 4.69) is 46.5 Å². The van der Waals surface area contributed by atoms with Crippen molar-refractivity contribution in [3.63, 3.8) is 0 Å². The van der Waals surface area contributed by atoms with E-state index < -0.39 is 0 Å². The molecule has 1 N–H and O–H groups in total. The zero-order valence-electron chi connectivity index (χ0n) is 11.5. The molecule has 20 heavy (non-hydrogen) atoms. The second-order valence-electron chi connectivity index (χ2n) is 4.90. The van der Waals surface area contributed by atoms with Gasteiger partial charge in [0.25, 0.3) is 0 Å². The van der Waals surface area contributed by atoms with Crippen molar-refractivity contribution in [1.82, 2.24) is 9.97 Å². The maximum Gasteiger partial charge on any atom is 0.137 e. The molecule has 100 valence electrons. The second-order valence-corrected chi connectivity index (χ2v) is 4.90. The molecule has 0 aliphatic carbocycles. The van der Waals surface area contributed by atoms with Crippen LogP contribution in [0.25, 0.3) is 10.9 Å². The average molecular weight is 263 g/mol. The predicted octanol–water partition coefficient (Wildman–Crippen LogP) is 3.59. The number of fused-ring (bicyclic) bond motifs is 1. The molecule has 0 saturated heterocycles. The molecule has 0 amide bonds. The van der Waals surface area contributed by atoms with Gasteiger partial charge in [-0.3, -0.25) is 0 Å². The molecule has 0 atom stereocenters. The first kappa shape index (κ1) is 12.6. The minimum Gasteiger partial charge on any atom is -0.369 e. The lowest BCUT2D eigenvalue weighted by Gasteiger charge is -2.08. The molecule has 0 bridgehead atoms. The minimum atomic E-state index is 0.865. The molecule has 3 heteroatoms. The fraction of sp³-hybridized carbons (Fsp3) is 0.176. The van der Waals surface area contributed by atoms with Crippen LogP contribution in [0.4, 0.5) is 5.82 Å². The Balaban J connectivity index is 1.69. The standard InChI is InChI=1S/C17H17N3/c1-13-6-8-14(9-7-13)10-11-18-17-15-4-2-3-5-16(15)19-12-20-17/h2-9,12H,10-11H2,1H3,(H,18,19,20). The van der Waals surface area contributed by atoms with Gasteiger partial charge in [0.15, 0.2) is 0 Å². The Morgan fingerprint density at radius 3 is 2.60 bits per heavy atom. The zero-order chi connectivity index (χ0) is 13.8. The Morgan fingerprint density at radius 1 is 0.950 bits per heavy atom. The van der Waals surface area contributed by atoms with Crippen molar-refractivity contribution < 1.29 is 0 Å². The molecule has 3 aromatic rings. The third kappa shape index (κ3) is 2.77. The number of rotatable bonds is 4. The number of nitrogens with one attached hydrogen (secondary N) is 1. The highest BCUT2D eigenvalue weighted by atomic mass is 15.0. The Bertz CT molecular complexity index is 700. The summed E-state index contributed by atoms with van der Waals surface area (Å²) >= 11 is 0. The van der Waals surface area contributed by atoms with Crippen LogP contribution in [0.5, 0.6) is 0 Å². The van der Waals surface area contributed by atoms with Gasteiger partial charge in [-0.25, -0.2) is 9.97 Å². The summed E-state index contributed by atoms with van der Waals surface area (Å²) in [5, 5.41) is 4.47. The van der Waals surface area contributed by atoms with Gasteiger partial charge in [-0.05, 0) is 31.0 Å². The van der Waals surface area contributed by atoms with Crippen LogP contribution in [0.3, 0.4) is 0 Å². The zero-order valence-corrected chi connectivity index (χ0v) is 11.5. The Morgan fingerprint density at radius 2 is 1.75 bits per heavy atom. The lowest BCUT2D eigenvalue weighted by molar-refractivity contribution is 1.00. The van der Waals surface area contributed by atoms with E-state index in [9.17, 15) is 0 Å². The van der Waals surface area contributed by atoms with Gasteiger partial charge in [-0.2, -0.15) is 0 Å². The summed E-state index contributed by atoms with van der Waals surface area (Å²) in [5.41, 5.74) is 3.60. The van der Waals surface area contributed by atoms with Crippen molar-refractivity contribution in [1.29, 1.82) is 0 Å². The molecular formula is C17H17N3. The van der Waals surface area contributed by atoms with Gasteiger partial charge in [0.05, 0.1) is 5.52 Å². The van der Waals surface area contributed by atoms with E-state index in [1.165, 1.54) is 11.1 Å². The average Bonchev–Trinajstić information content (AvgIpc) is 2.49. The third-order valence-corrected chi connectivity index (χ3v) is 3.37. The number of aryl methyl sites for hydroxylation is 1. The first-order valence-electron chi connectivity index (χ1n) is 6.82. The summed E-state index contributed by atoms with van der Waals surface area (Å²) < 4.78 is 0. The van der Waals surface area contributed by atoms with Crippen molar-refractivity contribution in [3.8, 4) is 0 Å². The summed E-state index contributed by atoms with van der Waals surface area (Å²) in [7, 11) is 0. The van der Waals surface area contributed by atoms with Crippen molar-refractivity contribution >= 4 is 16.7 Å². The molecule has 3 nitrogen and oxygen atoms in total. The van der Waals surface area contributed by atoms with E-state index in [4.69, 9.17) is 0 Å². The van der Waals surface area contributed by atoms with Crippen LogP contribution in [0.15, 0.2) is 54.9 Å². The van der Waals surface area contributed by atoms with Gasteiger partial charge in [0, 0.05) is 11.9 Å². The number of benzene rings is 2. The molecule has 1 aromatic heterocycles. The fourth-order valence-corrected chi connectivity index (χ4v) is 2.23. The summed E-state index contributed by atoms with van der Waals surface area (Å²) in [6.07, 6.45) is 2.59. The van der Waals surface area contributed by atoms with Crippen LogP contribution in [0, 0.1) is 6.92 Å². The molecule has 0 aliphatic rings. The molecule has 3 rings (SSSR count). The fourth-order valence-electron chi connectivity index (χ4n) is 2.23. The van der Waals surface area contributed by atoms with Gasteiger partial charge < -0.3 is 5.32 Å². The molecule has 0 unspecified atom stereocenters. The molecule has 0 fully saturated rings. The SMILES string of the molecule is Cc1ccc(CCNc2ncnc3ccccc23)cc1. The summed E-state index contributed by atoms with van der Waals surface area (Å²) in [4.78, 5) is 8.60. The largest absolute Gasteiger partial charge is 0.369 e. The number of hydrogen-bond donors (Lipinski definition) is 1. The van der Waals surface area contributed by atoms with E-state index in [0.29, 0.717) is 0 Å². The van der Waals surface area contributed by atoms with Crippen LogP contribution in [0.2, 0.25) is 0 Å². The first-order chi connectivity index (χ1) is 9.83. The van der Waals surface area contributed by atoms with Crippen molar-refractivity contribution in [2.24, 2.45) is 0 Å². The van der Waals surface area contributed by atoms with Crippen molar-refractivity contribution in [2.75, 3.05) is 11.9 Å². The Hall–Kier alpha value is -2.42. The highest BCUT2D eigenvalue weighted by Crippen LogP contribution is 2.18. The van der Waals surface area contributed by atoms with Gasteiger partial charge in [0.1, 0.15) is 12.1 Å². The molecule has 2 aromatic carbocycles. The highest BCUT2D eigenvalue weighted by Gasteiger charge is 2.01. The van der Waals surface area contributed by atoms with Crippen LogP contribution >= 0.6 is 0 Å². The maximum absolute atomic E-state index is 4.33. The lowest BCUT2D eigenvalue weighted by Crippen LogP contribution is -2.07. The van der Waals surface area contributed by atoms with E-state index >= 15 is 0 Å². The lowest BCUT2D eigenvalue weighted by atomic mass is 10.1. The van der Waals surface area contributed by atoms with Crippen LogP contribution < -0.4 is 5.32 Å². The van der Waals surface area contributed by atoms with E-state index in [1.54, 1.807) is 6.33 Å². The number of nitrogens with zero attached hydrogens (tertiary/aromatic N) is 2. The second kappa shape index (κ2) is 5.70. The summed E-state index contributed by atoms with van der Waals surface area (Å²) in [6, 6.07) is 16.7. The summed E-state index contributed by atoms with van der Waals surface area (Å²) in [5.74, 6) is 0.905. The number of aromatic nitrogens is 2. The number of hydrogen-bond acceptors (Lipinski definition) is 3. The predicted molar refractivity (Wildman–Crippen MR) is 82.9 cm³/mol. The van der Waals surface area contributed by atoms with Crippen molar-refractivity contribution in [2.45, 2.75) is 13.3 Å². The normalized spacial score (nSPS) is 10.7. The number of para-hydroxylation sites is 1. The topological polar surface area (TPSA) is 37.8 Å². The molecule has 0 aliphatic heterocycles. The molecule has 1 heterocycles.